The molecule has 0 aliphatic carbocycles. The molecule has 0 amide bonds. The molecule has 2 heterocycles. The molecule has 0 aliphatic heterocycles. The Labute approximate surface area is 165 Å². The topological polar surface area (TPSA) is 54.2 Å². The van der Waals surface area contributed by atoms with Crippen LogP contribution >= 0.6 is 11.3 Å². The summed E-state index contributed by atoms with van der Waals surface area (Å²) in [5.74, 6) is 1.85. The highest BCUT2D eigenvalue weighted by Gasteiger charge is 2.03. The molecule has 0 aliphatic rings. The van der Waals surface area contributed by atoms with Crippen LogP contribution in [0.2, 0.25) is 0 Å². The highest BCUT2D eigenvalue weighted by atomic mass is 32.1. The van der Waals surface area contributed by atoms with E-state index >= 15 is 0 Å². The van der Waals surface area contributed by atoms with Crippen molar-refractivity contribution < 1.29 is 0 Å². The standard InChI is InChI=1S/C21H27N5S/c1-4-19-8-9-20(27-19)14-25-21(22-3)24-13-17-6-5-7-18(12-17)15-26-11-10-23-16(26)2/h5-12H,4,13-15H2,1-3H3,(H2,22,24,25). The van der Waals surface area contributed by atoms with Gasteiger partial charge in [-0.2, -0.15) is 0 Å². The molecule has 0 saturated heterocycles. The zero-order valence-corrected chi connectivity index (χ0v) is 17.0. The number of rotatable bonds is 7. The molecule has 2 N–H and O–H groups in total. The highest BCUT2D eigenvalue weighted by molar-refractivity contribution is 7.11. The van der Waals surface area contributed by atoms with Crippen LogP contribution in [0.25, 0.3) is 0 Å². The minimum Gasteiger partial charge on any atom is -0.352 e. The third-order valence-electron chi connectivity index (χ3n) is 4.45. The van der Waals surface area contributed by atoms with E-state index in [1.807, 2.05) is 30.7 Å². The van der Waals surface area contributed by atoms with Crippen LogP contribution in [-0.4, -0.2) is 22.6 Å². The van der Waals surface area contributed by atoms with Crippen molar-refractivity contribution in [3.05, 3.63) is 75.5 Å². The number of imidazole rings is 1. The summed E-state index contributed by atoms with van der Waals surface area (Å²) in [6, 6.07) is 13.0. The molecule has 0 unspecified atom stereocenters. The van der Waals surface area contributed by atoms with E-state index in [0.29, 0.717) is 0 Å². The molecule has 3 rings (SSSR count). The van der Waals surface area contributed by atoms with Crippen LogP contribution in [0.1, 0.15) is 33.6 Å². The summed E-state index contributed by atoms with van der Waals surface area (Å²) in [7, 11) is 1.81. The van der Waals surface area contributed by atoms with E-state index in [4.69, 9.17) is 0 Å². The zero-order valence-electron chi connectivity index (χ0n) is 16.2. The predicted molar refractivity (Wildman–Crippen MR) is 113 cm³/mol. The summed E-state index contributed by atoms with van der Waals surface area (Å²) < 4.78 is 2.15. The summed E-state index contributed by atoms with van der Waals surface area (Å²) in [6.07, 6.45) is 4.95. The first kappa shape index (κ1) is 19.2. The number of benzene rings is 1. The Bertz CT molecular complexity index is 893. The lowest BCUT2D eigenvalue weighted by atomic mass is 10.1. The van der Waals surface area contributed by atoms with Gasteiger partial charge in [0, 0.05) is 42.3 Å². The Hall–Kier alpha value is -2.60. The highest BCUT2D eigenvalue weighted by Crippen LogP contribution is 2.16. The second-order valence-corrected chi connectivity index (χ2v) is 7.68. The van der Waals surface area contributed by atoms with Gasteiger partial charge >= 0.3 is 0 Å². The number of thiophene rings is 1. The van der Waals surface area contributed by atoms with E-state index < -0.39 is 0 Å². The van der Waals surface area contributed by atoms with Crippen LogP contribution in [0, 0.1) is 6.92 Å². The molecule has 0 bridgehead atoms. The van der Waals surface area contributed by atoms with E-state index in [2.05, 4.69) is 68.5 Å². The van der Waals surface area contributed by atoms with E-state index in [1.54, 1.807) is 7.05 Å². The summed E-state index contributed by atoms with van der Waals surface area (Å²) in [4.78, 5) is 11.4. The number of aromatic nitrogens is 2. The largest absolute Gasteiger partial charge is 0.352 e. The maximum absolute atomic E-state index is 4.33. The minimum atomic E-state index is 0.737. The van der Waals surface area contributed by atoms with Crippen LogP contribution in [0.4, 0.5) is 0 Å². The van der Waals surface area contributed by atoms with Gasteiger partial charge < -0.3 is 15.2 Å². The van der Waals surface area contributed by atoms with Gasteiger partial charge in [-0.25, -0.2) is 4.98 Å². The normalized spacial score (nSPS) is 11.6. The number of hydrogen-bond acceptors (Lipinski definition) is 3. The third kappa shape index (κ3) is 5.44. The van der Waals surface area contributed by atoms with Crippen molar-refractivity contribution >= 4 is 17.3 Å². The van der Waals surface area contributed by atoms with E-state index in [-0.39, 0.29) is 0 Å². The van der Waals surface area contributed by atoms with Gasteiger partial charge in [-0.3, -0.25) is 4.99 Å². The molecular weight excluding hydrogens is 354 g/mol. The number of guanidine groups is 1. The van der Waals surface area contributed by atoms with Gasteiger partial charge in [0.1, 0.15) is 5.82 Å². The molecule has 0 fully saturated rings. The number of aliphatic imine (C=N–C) groups is 1. The molecule has 0 spiro atoms. The minimum absolute atomic E-state index is 0.737. The molecule has 1 aromatic carbocycles. The Balaban J connectivity index is 1.53. The van der Waals surface area contributed by atoms with E-state index in [0.717, 1.165) is 37.8 Å². The molecule has 2 aromatic heterocycles. The van der Waals surface area contributed by atoms with Gasteiger partial charge in [-0.15, -0.1) is 11.3 Å². The van der Waals surface area contributed by atoms with E-state index in [1.165, 1.54) is 20.9 Å². The van der Waals surface area contributed by atoms with Crippen LogP contribution in [0.3, 0.4) is 0 Å². The van der Waals surface area contributed by atoms with E-state index in [9.17, 15) is 0 Å². The molecule has 0 atom stereocenters. The Kier molecular flexibility index (Phi) is 6.65. The smallest absolute Gasteiger partial charge is 0.191 e. The lowest BCUT2D eigenvalue weighted by Crippen LogP contribution is -2.36. The molecule has 3 aromatic rings. The first-order valence-electron chi connectivity index (χ1n) is 9.25. The monoisotopic (exact) mass is 381 g/mol. The van der Waals surface area contributed by atoms with Gasteiger partial charge in [-0.05, 0) is 36.6 Å². The Morgan fingerprint density at radius 3 is 2.59 bits per heavy atom. The van der Waals surface area contributed by atoms with Crippen molar-refractivity contribution in [1.29, 1.82) is 0 Å². The molecule has 27 heavy (non-hydrogen) atoms. The van der Waals surface area contributed by atoms with Crippen LogP contribution in [-0.2, 0) is 26.1 Å². The Morgan fingerprint density at radius 2 is 1.89 bits per heavy atom. The Morgan fingerprint density at radius 1 is 1.11 bits per heavy atom. The van der Waals surface area contributed by atoms with Gasteiger partial charge in [0.15, 0.2) is 5.96 Å². The van der Waals surface area contributed by atoms with Gasteiger partial charge in [0.25, 0.3) is 0 Å². The number of nitrogens with one attached hydrogen (secondary N) is 2. The third-order valence-corrected chi connectivity index (χ3v) is 5.68. The molecular formula is C21H27N5S. The number of hydrogen-bond donors (Lipinski definition) is 2. The second-order valence-electron chi connectivity index (χ2n) is 6.42. The van der Waals surface area contributed by atoms with Crippen molar-refractivity contribution in [3.8, 4) is 0 Å². The zero-order chi connectivity index (χ0) is 19.1. The van der Waals surface area contributed by atoms with Crippen molar-refractivity contribution in [2.24, 2.45) is 4.99 Å². The maximum Gasteiger partial charge on any atom is 0.191 e. The number of aryl methyl sites for hydroxylation is 2. The molecule has 142 valence electrons. The molecule has 5 nitrogen and oxygen atoms in total. The lowest BCUT2D eigenvalue weighted by Gasteiger charge is -2.12. The average molecular weight is 382 g/mol. The van der Waals surface area contributed by atoms with Crippen LogP contribution < -0.4 is 10.6 Å². The fraction of sp³-hybridized carbons (Fsp3) is 0.333. The average Bonchev–Trinajstić information content (AvgIpc) is 3.31. The summed E-state index contributed by atoms with van der Waals surface area (Å²) in [5.41, 5.74) is 2.50. The van der Waals surface area contributed by atoms with Crippen LogP contribution in [0.15, 0.2) is 53.8 Å². The fourth-order valence-electron chi connectivity index (χ4n) is 2.89. The summed E-state index contributed by atoms with van der Waals surface area (Å²) >= 11 is 1.85. The van der Waals surface area contributed by atoms with Gasteiger partial charge in [0.05, 0.1) is 6.54 Å². The lowest BCUT2D eigenvalue weighted by molar-refractivity contribution is 0.758. The predicted octanol–water partition coefficient (Wildman–Crippen LogP) is 3.73. The quantitative estimate of drug-likeness (QED) is 0.484. The van der Waals surface area contributed by atoms with Crippen molar-refractivity contribution in [1.82, 2.24) is 20.2 Å². The van der Waals surface area contributed by atoms with Gasteiger partial charge in [0.2, 0.25) is 0 Å². The first-order valence-corrected chi connectivity index (χ1v) is 10.1. The maximum atomic E-state index is 4.33. The van der Waals surface area contributed by atoms with Crippen molar-refractivity contribution in [2.75, 3.05) is 7.05 Å². The molecule has 0 radical (unpaired) electrons. The SMILES string of the molecule is CCc1ccc(CNC(=NC)NCc2cccc(Cn3ccnc3C)c2)s1. The number of nitrogens with zero attached hydrogens (tertiary/aromatic N) is 3. The van der Waals surface area contributed by atoms with Crippen molar-refractivity contribution in [3.63, 3.8) is 0 Å². The second kappa shape index (κ2) is 9.37. The molecule has 0 saturated carbocycles. The fourth-order valence-corrected chi connectivity index (χ4v) is 3.79. The molecule has 6 heteroatoms. The van der Waals surface area contributed by atoms with Crippen molar-refractivity contribution in [2.45, 2.75) is 39.9 Å². The summed E-state index contributed by atoms with van der Waals surface area (Å²) in [6.45, 7) is 6.58. The summed E-state index contributed by atoms with van der Waals surface area (Å²) in [5, 5.41) is 6.79. The van der Waals surface area contributed by atoms with Gasteiger partial charge in [-0.1, -0.05) is 31.2 Å². The van der Waals surface area contributed by atoms with Crippen LogP contribution in [0.5, 0.6) is 0 Å². The first-order chi connectivity index (χ1) is 13.2.